The first-order chi connectivity index (χ1) is 15.0. The Kier molecular flexibility index (Phi) is 4.73. The van der Waals surface area contributed by atoms with E-state index in [2.05, 4.69) is 4.98 Å². The molecule has 1 saturated heterocycles. The van der Waals surface area contributed by atoms with Crippen LogP contribution in [0, 0.1) is 17.5 Å². The van der Waals surface area contributed by atoms with Crippen LogP contribution in [0.3, 0.4) is 0 Å². The van der Waals surface area contributed by atoms with Crippen molar-refractivity contribution in [3.8, 4) is 11.1 Å². The fourth-order valence-electron chi connectivity index (χ4n) is 4.03. The zero-order chi connectivity index (χ0) is 21.5. The Bertz CT molecular complexity index is 1300. The highest BCUT2D eigenvalue weighted by molar-refractivity contribution is 5.94. The van der Waals surface area contributed by atoms with Crippen molar-refractivity contribution >= 4 is 17.0 Å². The second kappa shape index (κ2) is 7.58. The van der Waals surface area contributed by atoms with E-state index in [0.29, 0.717) is 35.5 Å². The molecule has 1 fully saturated rings. The van der Waals surface area contributed by atoms with Gasteiger partial charge in [0.1, 0.15) is 29.0 Å². The van der Waals surface area contributed by atoms with Crippen LogP contribution in [0.2, 0.25) is 0 Å². The number of benzene rings is 3. The molecule has 4 nitrogen and oxygen atoms in total. The number of hydrogen-bond donors (Lipinski definition) is 0. The van der Waals surface area contributed by atoms with Crippen molar-refractivity contribution in [2.45, 2.75) is 18.9 Å². The lowest BCUT2D eigenvalue weighted by Gasteiger charge is -2.22. The Hall–Kier alpha value is -3.61. The second-order valence-corrected chi connectivity index (χ2v) is 7.53. The molecule has 0 radical (unpaired) electrons. The average Bonchev–Trinajstić information content (AvgIpc) is 3.39. The molecule has 0 aliphatic carbocycles. The third-order valence-corrected chi connectivity index (χ3v) is 5.52. The van der Waals surface area contributed by atoms with Gasteiger partial charge in [0.05, 0.1) is 0 Å². The van der Waals surface area contributed by atoms with E-state index in [1.54, 1.807) is 29.2 Å². The predicted octanol–water partition coefficient (Wildman–Crippen LogP) is 5.89. The maximum absolute atomic E-state index is 14.2. The van der Waals surface area contributed by atoms with E-state index in [-0.39, 0.29) is 23.1 Å². The molecule has 1 aromatic heterocycles. The number of rotatable bonds is 3. The summed E-state index contributed by atoms with van der Waals surface area (Å²) in [5.41, 5.74) is 2.10. The van der Waals surface area contributed by atoms with Gasteiger partial charge in [0.2, 0.25) is 5.89 Å². The summed E-state index contributed by atoms with van der Waals surface area (Å²) in [5.74, 6) is -1.67. The standard InChI is InChI=1S/C24H17F3N2O2/c25-16-4-1-3-15(11-16)24(30)29-10-2-5-21(29)23-28-20-12-14(6-9-22(20)31-23)18-8-7-17(26)13-19(18)27/h1,3-4,6-9,11-13,21H,2,5,10H2/t21-/m0/s1. The van der Waals surface area contributed by atoms with Gasteiger partial charge in [-0.05, 0) is 60.9 Å². The monoisotopic (exact) mass is 422 g/mol. The lowest BCUT2D eigenvalue weighted by atomic mass is 10.0. The summed E-state index contributed by atoms with van der Waals surface area (Å²) in [4.78, 5) is 19.1. The van der Waals surface area contributed by atoms with E-state index >= 15 is 0 Å². The minimum atomic E-state index is -0.661. The van der Waals surface area contributed by atoms with Crippen molar-refractivity contribution in [2.75, 3.05) is 6.54 Å². The van der Waals surface area contributed by atoms with Crippen LogP contribution in [0.1, 0.15) is 35.1 Å². The van der Waals surface area contributed by atoms with Crippen LogP contribution in [0.25, 0.3) is 22.2 Å². The zero-order valence-electron chi connectivity index (χ0n) is 16.3. The predicted molar refractivity (Wildman–Crippen MR) is 109 cm³/mol. The Balaban J connectivity index is 1.47. The van der Waals surface area contributed by atoms with E-state index in [1.807, 2.05) is 0 Å². The molecule has 7 heteroatoms. The molecule has 3 aromatic carbocycles. The van der Waals surface area contributed by atoms with Gasteiger partial charge in [-0.15, -0.1) is 0 Å². The molecule has 0 saturated carbocycles. The highest BCUT2D eigenvalue weighted by Gasteiger charge is 2.34. The van der Waals surface area contributed by atoms with Crippen molar-refractivity contribution in [1.29, 1.82) is 0 Å². The van der Waals surface area contributed by atoms with E-state index in [1.165, 1.54) is 30.3 Å². The molecule has 1 aliphatic rings. The Morgan fingerprint density at radius 2 is 1.84 bits per heavy atom. The molecular weight excluding hydrogens is 405 g/mol. The number of hydrogen-bond acceptors (Lipinski definition) is 3. The quantitative estimate of drug-likeness (QED) is 0.414. The van der Waals surface area contributed by atoms with E-state index in [4.69, 9.17) is 4.42 Å². The second-order valence-electron chi connectivity index (χ2n) is 7.53. The van der Waals surface area contributed by atoms with Crippen molar-refractivity contribution in [2.24, 2.45) is 0 Å². The van der Waals surface area contributed by atoms with Gasteiger partial charge in [-0.1, -0.05) is 12.1 Å². The molecule has 1 amide bonds. The Labute approximate surface area is 175 Å². The smallest absolute Gasteiger partial charge is 0.254 e. The maximum Gasteiger partial charge on any atom is 0.254 e. The highest BCUT2D eigenvalue weighted by atomic mass is 19.1. The number of nitrogens with zero attached hydrogens (tertiary/aromatic N) is 2. The first-order valence-electron chi connectivity index (χ1n) is 9.92. The fraction of sp³-hybridized carbons (Fsp3) is 0.167. The maximum atomic E-state index is 14.2. The molecule has 0 unspecified atom stereocenters. The molecule has 31 heavy (non-hydrogen) atoms. The minimum Gasteiger partial charge on any atom is -0.438 e. The first-order valence-corrected chi connectivity index (χ1v) is 9.92. The van der Waals surface area contributed by atoms with Gasteiger partial charge in [0, 0.05) is 23.7 Å². The van der Waals surface area contributed by atoms with Crippen LogP contribution in [0.4, 0.5) is 13.2 Å². The Morgan fingerprint density at radius 3 is 2.65 bits per heavy atom. The summed E-state index contributed by atoms with van der Waals surface area (Å²) in [6.45, 7) is 0.519. The third kappa shape index (κ3) is 3.56. The third-order valence-electron chi connectivity index (χ3n) is 5.52. The van der Waals surface area contributed by atoms with Crippen LogP contribution in [0.5, 0.6) is 0 Å². The minimum absolute atomic E-state index is 0.261. The van der Waals surface area contributed by atoms with Gasteiger partial charge in [-0.3, -0.25) is 4.79 Å². The van der Waals surface area contributed by atoms with Gasteiger partial charge in [-0.25, -0.2) is 18.2 Å². The normalized spacial score (nSPS) is 16.2. The van der Waals surface area contributed by atoms with Crippen LogP contribution in [-0.4, -0.2) is 22.3 Å². The summed E-state index contributed by atoms with van der Waals surface area (Å²) in [6, 6.07) is 13.7. The summed E-state index contributed by atoms with van der Waals surface area (Å²) < 4.78 is 46.8. The van der Waals surface area contributed by atoms with Crippen molar-refractivity contribution in [3.63, 3.8) is 0 Å². The topological polar surface area (TPSA) is 46.3 Å². The van der Waals surface area contributed by atoms with E-state index < -0.39 is 17.5 Å². The Morgan fingerprint density at radius 1 is 1.00 bits per heavy atom. The molecular formula is C24H17F3N2O2. The summed E-state index contributed by atoms with van der Waals surface area (Å²) >= 11 is 0. The number of likely N-dealkylation sites (tertiary alicyclic amines) is 1. The van der Waals surface area contributed by atoms with Crippen molar-refractivity contribution in [3.05, 3.63) is 89.6 Å². The zero-order valence-corrected chi connectivity index (χ0v) is 16.3. The largest absolute Gasteiger partial charge is 0.438 e. The van der Waals surface area contributed by atoms with Crippen LogP contribution in [-0.2, 0) is 0 Å². The van der Waals surface area contributed by atoms with Crippen LogP contribution < -0.4 is 0 Å². The van der Waals surface area contributed by atoms with E-state index in [0.717, 1.165) is 12.5 Å². The highest BCUT2D eigenvalue weighted by Crippen LogP contribution is 2.35. The molecule has 5 rings (SSSR count). The molecule has 1 atom stereocenters. The molecule has 1 aliphatic heterocycles. The number of oxazole rings is 1. The summed E-state index contributed by atoms with van der Waals surface area (Å²) in [7, 11) is 0. The van der Waals surface area contributed by atoms with Gasteiger partial charge < -0.3 is 9.32 Å². The fourth-order valence-corrected chi connectivity index (χ4v) is 4.03. The molecule has 156 valence electrons. The average molecular weight is 422 g/mol. The van der Waals surface area contributed by atoms with Crippen molar-refractivity contribution in [1.82, 2.24) is 9.88 Å². The van der Waals surface area contributed by atoms with Gasteiger partial charge >= 0.3 is 0 Å². The van der Waals surface area contributed by atoms with Crippen molar-refractivity contribution < 1.29 is 22.4 Å². The summed E-state index contributed by atoms with van der Waals surface area (Å²) in [5, 5.41) is 0. The van der Waals surface area contributed by atoms with E-state index in [9.17, 15) is 18.0 Å². The SMILES string of the molecule is O=C(c1cccc(F)c1)N1CCC[C@H]1c1nc2cc(-c3ccc(F)cc3F)ccc2o1. The molecule has 0 N–H and O–H groups in total. The number of aromatic nitrogens is 1. The lowest BCUT2D eigenvalue weighted by Crippen LogP contribution is -2.30. The van der Waals surface area contributed by atoms with Crippen LogP contribution in [0.15, 0.2) is 65.1 Å². The molecule has 4 aromatic rings. The first kappa shape index (κ1) is 19.4. The number of carbonyl (C=O) groups is 1. The molecule has 2 heterocycles. The molecule has 0 bridgehead atoms. The van der Waals surface area contributed by atoms with Gasteiger partial charge in [0.25, 0.3) is 5.91 Å². The van der Waals surface area contributed by atoms with Crippen LogP contribution >= 0.6 is 0 Å². The van der Waals surface area contributed by atoms with Gasteiger partial charge in [-0.2, -0.15) is 0 Å². The number of halogens is 3. The summed E-state index contributed by atoms with van der Waals surface area (Å²) in [6.07, 6.45) is 1.45. The number of amides is 1. The molecule has 0 spiro atoms. The van der Waals surface area contributed by atoms with Gasteiger partial charge in [0.15, 0.2) is 5.58 Å². The number of carbonyl (C=O) groups excluding carboxylic acids is 1. The number of fused-ring (bicyclic) bond motifs is 1. The lowest BCUT2D eigenvalue weighted by molar-refractivity contribution is 0.0716.